The lowest BCUT2D eigenvalue weighted by Crippen LogP contribution is -2.34. The number of piperidine rings is 1. The molecule has 96 valence electrons. The van der Waals surface area contributed by atoms with Crippen molar-refractivity contribution in [3.63, 3.8) is 0 Å². The Balaban J connectivity index is 1.86. The monoisotopic (exact) mass is 254 g/mol. The summed E-state index contributed by atoms with van der Waals surface area (Å²) in [7, 11) is 0. The molecule has 0 saturated carbocycles. The highest BCUT2D eigenvalue weighted by atomic mass is 16.1. The van der Waals surface area contributed by atoms with Crippen molar-refractivity contribution in [2.24, 2.45) is 0 Å². The molecule has 3 rings (SSSR count). The first-order valence-corrected chi connectivity index (χ1v) is 6.32. The van der Waals surface area contributed by atoms with Gasteiger partial charge in [-0.25, -0.2) is 9.97 Å². The Morgan fingerprint density at radius 3 is 2.74 bits per heavy atom. The van der Waals surface area contributed by atoms with Gasteiger partial charge in [0.1, 0.15) is 17.9 Å². The lowest BCUT2D eigenvalue weighted by molar-refractivity contribution is -0.119. The van der Waals surface area contributed by atoms with E-state index in [4.69, 9.17) is 0 Å². The molecule has 1 saturated heterocycles. The van der Waals surface area contributed by atoms with Crippen molar-refractivity contribution in [3.05, 3.63) is 36.9 Å². The molecule has 0 unspecified atom stereocenters. The van der Waals surface area contributed by atoms with E-state index in [1.807, 2.05) is 18.2 Å². The molecule has 3 heterocycles. The van der Waals surface area contributed by atoms with Gasteiger partial charge in [0.15, 0.2) is 0 Å². The molecule has 0 spiro atoms. The van der Waals surface area contributed by atoms with Crippen LogP contribution in [0.5, 0.6) is 0 Å². The number of pyridine rings is 1. The van der Waals surface area contributed by atoms with E-state index in [0.29, 0.717) is 18.6 Å². The first-order chi connectivity index (χ1) is 9.33. The maximum atomic E-state index is 11.3. The minimum atomic E-state index is 0.331. The number of ketones is 1. The van der Waals surface area contributed by atoms with Crippen LogP contribution in [-0.4, -0.2) is 33.8 Å². The van der Waals surface area contributed by atoms with Crippen molar-refractivity contribution < 1.29 is 4.79 Å². The Kier molecular flexibility index (Phi) is 3.18. The van der Waals surface area contributed by atoms with Gasteiger partial charge in [-0.2, -0.15) is 0 Å². The van der Waals surface area contributed by atoms with Crippen molar-refractivity contribution in [2.45, 2.75) is 12.8 Å². The van der Waals surface area contributed by atoms with Crippen molar-refractivity contribution in [1.29, 1.82) is 0 Å². The molecule has 0 bridgehead atoms. The van der Waals surface area contributed by atoms with Gasteiger partial charge >= 0.3 is 0 Å². The van der Waals surface area contributed by atoms with Gasteiger partial charge in [0.05, 0.1) is 5.69 Å². The Labute approximate surface area is 111 Å². The van der Waals surface area contributed by atoms with E-state index in [-0.39, 0.29) is 0 Å². The molecular weight excluding hydrogens is 240 g/mol. The van der Waals surface area contributed by atoms with Crippen molar-refractivity contribution in [3.8, 4) is 11.3 Å². The highest BCUT2D eigenvalue weighted by Gasteiger charge is 2.17. The fourth-order valence-corrected chi connectivity index (χ4v) is 2.18. The first-order valence-electron chi connectivity index (χ1n) is 6.32. The van der Waals surface area contributed by atoms with Crippen LogP contribution in [-0.2, 0) is 4.79 Å². The molecule has 1 aliphatic heterocycles. The number of Topliss-reactive ketones (excluding diaryl/α,β-unsaturated/α-hetero) is 1. The van der Waals surface area contributed by atoms with Gasteiger partial charge in [-0.3, -0.25) is 9.78 Å². The number of nitrogens with zero attached hydrogens (tertiary/aromatic N) is 4. The van der Waals surface area contributed by atoms with Crippen LogP contribution in [0, 0.1) is 0 Å². The standard InChI is InChI=1S/C14H14N4O/c19-12-3-6-18(7-4-12)14-8-13(16-10-17-14)11-2-1-5-15-9-11/h1-2,5,8-10H,3-4,6-7H2. The third-order valence-electron chi connectivity index (χ3n) is 3.26. The average molecular weight is 254 g/mol. The number of carbonyl (C=O) groups is 1. The average Bonchev–Trinajstić information content (AvgIpc) is 2.49. The molecule has 0 N–H and O–H groups in total. The largest absolute Gasteiger partial charge is 0.356 e. The fourth-order valence-electron chi connectivity index (χ4n) is 2.18. The van der Waals surface area contributed by atoms with E-state index < -0.39 is 0 Å². The van der Waals surface area contributed by atoms with Gasteiger partial charge in [-0.1, -0.05) is 0 Å². The smallest absolute Gasteiger partial charge is 0.136 e. The number of hydrogen-bond donors (Lipinski definition) is 0. The highest BCUT2D eigenvalue weighted by Crippen LogP contribution is 2.21. The van der Waals surface area contributed by atoms with E-state index in [1.54, 1.807) is 18.7 Å². The maximum absolute atomic E-state index is 11.3. The minimum absolute atomic E-state index is 0.331. The molecule has 1 aliphatic rings. The Morgan fingerprint density at radius 1 is 1.16 bits per heavy atom. The highest BCUT2D eigenvalue weighted by molar-refractivity contribution is 5.81. The lowest BCUT2D eigenvalue weighted by atomic mass is 10.1. The molecule has 0 aromatic carbocycles. The number of rotatable bonds is 2. The van der Waals surface area contributed by atoms with Gasteiger partial charge in [0.2, 0.25) is 0 Å². The molecule has 0 atom stereocenters. The molecule has 5 heteroatoms. The molecule has 2 aromatic rings. The second kappa shape index (κ2) is 5.14. The van der Waals surface area contributed by atoms with Gasteiger partial charge in [0, 0.05) is 50.0 Å². The van der Waals surface area contributed by atoms with E-state index in [1.165, 1.54) is 0 Å². The van der Waals surface area contributed by atoms with Crippen LogP contribution in [0.15, 0.2) is 36.9 Å². The zero-order valence-electron chi connectivity index (χ0n) is 10.5. The van der Waals surface area contributed by atoms with Crippen LogP contribution in [0.25, 0.3) is 11.3 Å². The zero-order chi connectivity index (χ0) is 13.1. The number of hydrogen-bond acceptors (Lipinski definition) is 5. The van der Waals surface area contributed by atoms with Crippen LogP contribution in [0.1, 0.15) is 12.8 Å². The first kappa shape index (κ1) is 11.8. The Morgan fingerprint density at radius 2 is 2.00 bits per heavy atom. The Bertz CT molecular complexity index is 575. The van der Waals surface area contributed by atoms with Gasteiger partial charge < -0.3 is 4.90 Å². The summed E-state index contributed by atoms with van der Waals surface area (Å²) in [5.41, 5.74) is 1.83. The topological polar surface area (TPSA) is 59.0 Å². The SMILES string of the molecule is O=C1CCN(c2cc(-c3cccnc3)ncn2)CC1. The summed E-state index contributed by atoms with van der Waals surface area (Å²) in [5.74, 6) is 1.21. The summed E-state index contributed by atoms with van der Waals surface area (Å²) < 4.78 is 0. The quantitative estimate of drug-likeness (QED) is 0.816. The zero-order valence-corrected chi connectivity index (χ0v) is 10.5. The van der Waals surface area contributed by atoms with Gasteiger partial charge in [-0.15, -0.1) is 0 Å². The van der Waals surface area contributed by atoms with Crippen molar-refractivity contribution in [2.75, 3.05) is 18.0 Å². The van der Waals surface area contributed by atoms with E-state index in [9.17, 15) is 4.79 Å². The lowest BCUT2D eigenvalue weighted by Gasteiger charge is -2.27. The van der Waals surface area contributed by atoms with E-state index in [0.717, 1.165) is 30.2 Å². The van der Waals surface area contributed by atoms with Gasteiger partial charge in [-0.05, 0) is 12.1 Å². The molecule has 5 nitrogen and oxygen atoms in total. The number of carbonyl (C=O) groups excluding carboxylic acids is 1. The molecule has 19 heavy (non-hydrogen) atoms. The maximum Gasteiger partial charge on any atom is 0.136 e. The minimum Gasteiger partial charge on any atom is -0.356 e. The van der Waals surface area contributed by atoms with Crippen molar-refractivity contribution in [1.82, 2.24) is 15.0 Å². The van der Waals surface area contributed by atoms with Crippen LogP contribution >= 0.6 is 0 Å². The second-order valence-electron chi connectivity index (χ2n) is 4.53. The van der Waals surface area contributed by atoms with Crippen LogP contribution in [0.2, 0.25) is 0 Å². The molecule has 0 amide bonds. The summed E-state index contributed by atoms with van der Waals surface area (Å²) >= 11 is 0. The van der Waals surface area contributed by atoms with Gasteiger partial charge in [0.25, 0.3) is 0 Å². The summed E-state index contributed by atoms with van der Waals surface area (Å²) in [5, 5.41) is 0. The molecule has 0 aliphatic carbocycles. The molecular formula is C14H14N4O. The third kappa shape index (κ3) is 2.59. The van der Waals surface area contributed by atoms with Crippen LogP contribution < -0.4 is 4.90 Å². The van der Waals surface area contributed by atoms with E-state index in [2.05, 4.69) is 19.9 Å². The predicted molar refractivity (Wildman–Crippen MR) is 71.7 cm³/mol. The van der Waals surface area contributed by atoms with E-state index >= 15 is 0 Å². The third-order valence-corrected chi connectivity index (χ3v) is 3.26. The summed E-state index contributed by atoms with van der Waals surface area (Å²) in [6.45, 7) is 1.48. The molecule has 2 aromatic heterocycles. The summed E-state index contributed by atoms with van der Waals surface area (Å²) in [4.78, 5) is 26.1. The number of aromatic nitrogens is 3. The summed E-state index contributed by atoms with van der Waals surface area (Å²) in [6, 6.07) is 5.81. The normalized spacial score (nSPS) is 15.6. The second-order valence-corrected chi connectivity index (χ2v) is 4.53. The summed E-state index contributed by atoms with van der Waals surface area (Å²) in [6.07, 6.45) is 6.29. The van der Waals surface area contributed by atoms with Crippen LogP contribution in [0.3, 0.4) is 0 Å². The fraction of sp³-hybridized carbons (Fsp3) is 0.286. The van der Waals surface area contributed by atoms with Crippen LogP contribution in [0.4, 0.5) is 5.82 Å². The molecule has 1 fully saturated rings. The Hall–Kier alpha value is -2.30. The van der Waals surface area contributed by atoms with Crippen molar-refractivity contribution >= 4 is 11.6 Å². The molecule has 0 radical (unpaired) electrons. The number of anilines is 1. The predicted octanol–water partition coefficient (Wildman–Crippen LogP) is 1.71.